The summed E-state index contributed by atoms with van der Waals surface area (Å²) in [5, 5.41) is 57.8. The van der Waals surface area contributed by atoms with E-state index in [1.165, 1.54) is 54.6 Å². The van der Waals surface area contributed by atoms with Gasteiger partial charge in [-0.05, 0) is 86.5 Å². The van der Waals surface area contributed by atoms with Gasteiger partial charge >= 0.3 is 11.4 Å². The highest BCUT2D eigenvalue weighted by Crippen LogP contribution is 2.42. The lowest BCUT2D eigenvalue weighted by Crippen LogP contribution is -2.25. The summed E-state index contributed by atoms with van der Waals surface area (Å²) in [5.74, 6) is -47.7. The molecule has 0 amide bonds. The zero-order valence-corrected chi connectivity index (χ0v) is 70.5. The minimum Gasteiger partial charge on any atom is -0.435 e. The first kappa shape index (κ1) is 94.1. The highest BCUT2D eigenvalue weighted by molar-refractivity contribution is 5.92. The molecular weight excluding hydrogens is 1930 g/mol. The van der Waals surface area contributed by atoms with E-state index in [0.29, 0.717) is 11.1 Å². The van der Waals surface area contributed by atoms with Gasteiger partial charge in [0.25, 0.3) is 17.7 Å². The minimum absolute atomic E-state index is 0.00302. The highest BCUT2D eigenvalue weighted by atomic mass is 19.2. The zero-order valence-electron chi connectivity index (χ0n) is 70.5. The van der Waals surface area contributed by atoms with Crippen molar-refractivity contribution in [1.82, 2.24) is 59.8 Å². The van der Waals surface area contributed by atoms with Gasteiger partial charge in [-0.3, -0.25) is 0 Å². The molecule has 51 heteroatoms. The fraction of sp³-hybridized carbons (Fsp3) is 0.0323. The molecule has 33 nitrogen and oxygen atoms in total. The van der Waals surface area contributed by atoms with E-state index in [1.807, 2.05) is 18.2 Å². The minimum atomic E-state index is -2.49. The molecule has 10 aromatic carbocycles. The quantitative estimate of drug-likeness (QED) is 0.0403. The van der Waals surface area contributed by atoms with Crippen LogP contribution in [0.1, 0.15) is 44.5 Å². The van der Waals surface area contributed by atoms with Crippen molar-refractivity contribution in [3.63, 3.8) is 0 Å². The number of oxazole rings is 3. The topological polar surface area (TPSA) is 437 Å². The molecule has 0 fully saturated rings. The largest absolute Gasteiger partial charge is 0.435 e. The van der Waals surface area contributed by atoms with E-state index < -0.39 is 213 Å². The molecule has 0 aliphatic carbocycles. The van der Waals surface area contributed by atoms with Gasteiger partial charge in [-0.25, -0.2) is 208 Å². The first-order chi connectivity index (χ1) is 69.0. The van der Waals surface area contributed by atoms with Crippen LogP contribution in [0.15, 0.2) is 151 Å². The normalized spacial score (nSPS) is 12.7. The number of halogens is 18. The van der Waals surface area contributed by atoms with Crippen molar-refractivity contribution < 1.29 is 92.3 Å². The fourth-order valence-electron chi connectivity index (χ4n) is 14.0. The number of aryl methyl sites for hydroxylation is 2. The van der Waals surface area contributed by atoms with E-state index in [0.717, 1.165) is 13.0 Å². The van der Waals surface area contributed by atoms with Crippen LogP contribution < -0.4 is 32.1 Å². The Hall–Kier alpha value is -21.7. The van der Waals surface area contributed by atoms with E-state index in [9.17, 15) is 105 Å². The summed E-state index contributed by atoms with van der Waals surface area (Å²) in [5.41, 5.74) is -8.36. The van der Waals surface area contributed by atoms with E-state index >= 15 is 0 Å². The van der Waals surface area contributed by atoms with Gasteiger partial charge in [0.1, 0.15) is 56.5 Å². The van der Waals surface area contributed by atoms with Crippen LogP contribution in [0.2, 0.25) is 0 Å². The standard InChI is InChI=1S/C36H10F5N11O.C29H7F5N10O.C28H5F8N9O/c1-14-5-7-20(45-3)29-31(14)53-36(49-29)35-51-32(16-9-15(12-42)10-17(11-16)44-2)50-33(52-35)18-6-8-21-28(19(18)13-43)48-34(47-21)30(46-4)22-23(37)25(39)27(41)26(40)24(22)38;1-10-4-6-13(37-2)23-24(10)45-29(41-23)28-43-25(42-27(44-28)16-17(30)19(32)21(34)20(33)18(16)31)11-5-7-14-22(12(11)8-35)40-26(39-14)15(9-36)38-3;1-7-13(29)20(36)22-23(14(7)30)46-28(42-22)27-44-24(43-26(45-27)12-15(31)17(33)19(35)18(34)16(12)32)8-3-4-10-21(9(8)5-37)41-25(40-10)11(6-38)39-2/h5-11H,1H3;4-7H,1H3;3-4H,1H3/b34-30+;26-15+;25-11+. The summed E-state index contributed by atoms with van der Waals surface area (Å²) in [6.07, 6.45) is 0. The molecule has 144 heavy (non-hydrogen) atoms. The Bertz CT molecular complexity index is 9650. The third-order valence-electron chi connectivity index (χ3n) is 20.8. The Labute approximate surface area is 784 Å². The van der Waals surface area contributed by atoms with Crippen molar-refractivity contribution in [2.45, 2.75) is 20.8 Å². The summed E-state index contributed by atoms with van der Waals surface area (Å²) in [7, 11) is 0. The lowest BCUT2D eigenvalue weighted by Gasteiger charge is -2.10. The van der Waals surface area contributed by atoms with Crippen LogP contribution in [0.5, 0.6) is 0 Å². The maximum atomic E-state index is 15.0. The van der Waals surface area contributed by atoms with Crippen molar-refractivity contribution in [3.05, 3.63) is 358 Å². The second kappa shape index (κ2) is 36.5. The molecule has 3 aliphatic heterocycles. The third kappa shape index (κ3) is 15.6. The summed E-state index contributed by atoms with van der Waals surface area (Å²) in [4.78, 5) is 92.8. The maximum Gasteiger partial charge on any atom is 0.305 e. The van der Waals surface area contributed by atoms with E-state index in [4.69, 9.17) is 57.9 Å². The predicted molar refractivity (Wildman–Crippen MR) is 448 cm³/mol. The molecule has 0 radical (unpaired) electrons. The van der Waals surface area contributed by atoms with Crippen molar-refractivity contribution in [1.29, 1.82) is 31.6 Å². The Morgan fingerprint density at radius 2 is 0.653 bits per heavy atom. The molecule has 688 valence electrons. The number of allylic oxidation sites excluding steroid dienone is 2. The Balaban J connectivity index is 0.000000149. The number of nitriles is 6. The number of aromatic nitrogens is 12. The summed E-state index contributed by atoms with van der Waals surface area (Å²) in [6.45, 7) is 48.4. The SMILES string of the molecule is [C-]#[N+]/C(=C1\N=c2ccc(-c3nc(-c4cc(C#N)cc([N+]#[C-])c4)nc(-c4nc5c([N+]#[C-])ccc(C)c5o4)n3)c(C#N)c2=N1)c1c(F)c(F)c(F)c(F)c1F.[C-]#[N+]/C(C#N)=C1\N=c2ccc(-c3nc(-c4nc5c(F)c(F)c(C)c(F)c5o4)nc(-c4c(F)c(F)c(F)c(F)c4F)n3)c(C#N)c2=N1.[C-]#[N+]/C(C#N)=C1\N=c2ccc(-c3nc(-c4nc5c([N+]#[C-])ccc(C)c5o4)nc(-c4c(F)c(F)c(F)c(F)c4F)n3)c(C#N)c2=N1. The van der Waals surface area contributed by atoms with Gasteiger partial charge in [-0.15, -0.1) is 0 Å². The van der Waals surface area contributed by atoms with Gasteiger partial charge in [-0.1, -0.05) is 24.3 Å². The van der Waals surface area contributed by atoms with E-state index in [1.54, 1.807) is 50.3 Å². The number of nitrogens with zero attached hydrogens (tertiary/aromatic N) is 30. The molecule has 0 saturated carbocycles. The third-order valence-corrected chi connectivity index (χ3v) is 20.8. The van der Waals surface area contributed by atoms with Gasteiger partial charge in [0.05, 0.1) is 107 Å². The Morgan fingerprint density at radius 3 is 1.02 bits per heavy atom. The number of hydrogen-bond donors (Lipinski definition) is 0. The molecule has 0 bridgehead atoms. The van der Waals surface area contributed by atoms with Gasteiger partial charge in [-0.2, -0.15) is 21.0 Å². The first-order valence-electron chi connectivity index (χ1n) is 39.0. The molecule has 19 rings (SSSR count). The van der Waals surface area contributed by atoms with Crippen molar-refractivity contribution in [3.8, 4) is 140 Å². The van der Waals surface area contributed by atoms with Crippen molar-refractivity contribution in [2.24, 2.45) is 30.0 Å². The van der Waals surface area contributed by atoms with Crippen LogP contribution in [-0.2, 0) is 0 Å². The van der Waals surface area contributed by atoms with E-state index in [-0.39, 0.29) is 145 Å². The van der Waals surface area contributed by atoms with Crippen LogP contribution in [0, 0.1) is 233 Å². The summed E-state index contributed by atoms with van der Waals surface area (Å²) < 4.78 is 276. The smallest absolute Gasteiger partial charge is 0.305 e. The zero-order chi connectivity index (χ0) is 103. The Morgan fingerprint density at radius 1 is 0.306 bits per heavy atom. The molecule has 0 atom stereocenters. The monoisotopic (exact) mass is 1950 g/mol. The lowest BCUT2D eigenvalue weighted by atomic mass is 10.1. The predicted octanol–water partition coefficient (Wildman–Crippen LogP) is 17.8. The first-order valence-corrected chi connectivity index (χ1v) is 39.0. The Kier molecular flexibility index (Phi) is 23.8. The molecule has 0 unspecified atom stereocenters. The van der Waals surface area contributed by atoms with Gasteiger partial charge in [0.15, 0.2) is 162 Å². The molecule has 0 N–H and O–H groups in total. The molecular formula is C93H22F18N30O3. The van der Waals surface area contributed by atoms with Gasteiger partial charge in [0.2, 0.25) is 46.2 Å². The summed E-state index contributed by atoms with van der Waals surface area (Å²) in [6, 6.07) is 28.8. The molecule has 9 heterocycles. The van der Waals surface area contributed by atoms with Crippen LogP contribution >= 0.6 is 0 Å². The highest BCUT2D eigenvalue weighted by Gasteiger charge is 2.37. The van der Waals surface area contributed by atoms with Gasteiger partial charge < -0.3 is 13.3 Å². The van der Waals surface area contributed by atoms with Crippen LogP contribution in [0.3, 0.4) is 0 Å². The maximum absolute atomic E-state index is 15.0. The number of hydrogen-bond acceptors (Lipinski definition) is 27. The summed E-state index contributed by atoms with van der Waals surface area (Å²) >= 11 is 0. The average Bonchev–Trinajstić information content (AvgIpc) is 1.55. The molecule has 6 aromatic heterocycles. The molecule has 0 spiro atoms. The molecule has 0 saturated heterocycles. The second-order valence-electron chi connectivity index (χ2n) is 29.1. The van der Waals surface area contributed by atoms with Crippen molar-refractivity contribution >= 4 is 56.1 Å². The van der Waals surface area contributed by atoms with Crippen molar-refractivity contribution in [2.75, 3.05) is 0 Å². The number of rotatable bonds is 10. The van der Waals surface area contributed by atoms with Gasteiger partial charge in [0, 0.05) is 33.4 Å². The number of fused-ring (bicyclic) bond motifs is 6. The number of benzene rings is 10. The van der Waals surface area contributed by atoms with Crippen LogP contribution in [0.25, 0.3) is 172 Å². The second-order valence-corrected chi connectivity index (χ2v) is 29.1. The molecule has 16 aromatic rings. The lowest BCUT2D eigenvalue weighted by molar-refractivity contribution is 0.376. The molecule has 3 aliphatic rings. The average molecular weight is 1950 g/mol. The van der Waals surface area contributed by atoms with E-state index in [2.05, 4.69) is 119 Å². The fourth-order valence-corrected chi connectivity index (χ4v) is 14.0. The van der Waals surface area contributed by atoms with Crippen LogP contribution in [-0.4, -0.2) is 59.8 Å². The van der Waals surface area contributed by atoms with Crippen LogP contribution in [0.4, 0.5) is 96.1 Å².